The number of carbonyl (C=O) groups is 2. The Morgan fingerprint density at radius 3 is 2.72 bits per heavy atom. The SMILES string of the molecule is CN(C)C(=O)C[C@H]1C=C[C@H](NC(=O)Nc2cccc(F)c2)[C@H](CO)O1. The number of nitrogens with zero attached hydrogens (tertiary/aromatic N) is 1. The van der Waals surface area contributed by atoms with Gasteiger partial charge < -0.3 is 25.4 Å². The Morgan fingerprint density at radius 2 is 2.08 bits per heavy atom. The van der Waals surface area contributed by atoms with Crippen LogP contribution in [-0.4, -0.2) is 60.9 Å². The van der Waals surface area contributed by atoms with E-state index in [0.29, 0.717) is 5.69 Å². The highest BCUT2D eigenvalue weighted by Gasteiger charge is 2.29. The first-order valence-electron chi connectivity index (χ1n) is 7.87. The fourth-order valence-corrected chi connectivity index (χ4v) is 2.38. The Balaban J connectivity index is 1.94. The smallest absolute Gasteiger partial charge is 0.319 e. The highest BCUT2D eigenvalue weighted by atomic mass is 19.1. The molecule has 7 nitrogen and oxygen atoms in total. The molecule has 0 aliphatic carbocycles. The molecule has 0 bridgehead atoms. The van der Waals surface area contributed by atoms with Gasteiger partial charge in [-0.25, -0.2) is 9.18 Å². The maximum atomic E-state index is 13.1. The number of hydrogen-bond acceptors (Lipinski definition) is 4. The van der Waals surface area contributed by atoms with Crippen LogP contribution in [0.4, 0.5) is 14.9 Å². The first-order valence-corrected chi connectivity index (χ1v) is 7.87. The van der Waals surface area contributed by atoms with Gasteiger partial charge in [0.05, 0.1) is 25.2 Å². The average Bonchev–Trinajstić information content (AvgIpc) is 2.56. The predicted octanol–water partition coefficient (Wildman–Crippen LogP) is 1.11. The van der Waals surface area contributed by atoms with Crippen molar-refractivity contribution in [3.05, 3.63) is 42.2 Å². The monoisotopic (exact) mass is 351 g/mol. The maximum Gasteiger partial charge on any atom is 0.319 e. The molecule has 1 aromatic rings. The first kappa shape index (κ1) is 18.9. The van der Waals surface area contributed by atoms with Crippen LogP contribution in [0.2, 0.25) is 0 Å². The lowest BCUT2D eigenvalue weighted by Crippen LogP contribution is -2.50. The van der Waals surface area contributed by atoms with Crippen molar-refractivity contribution in [3.63, 3.8) is 0 Å². The summed E-state index contributed by atoms with van der Waals surface area (Å²) in [5.74, 6) is -0.554. The minimum Gasteiger partial charge on any atom is -0.394 e. The summed E-state index contributed by atoms with van der Waals surface area (Å²) < 4.78 is 18.8. The molecule has 3 amide bonds. The number of aliphatic hydroxyl groups excluding tert-OH is 1. The van der Waals surface area contributed by atoms with Crippen LogP contribution >= 0.6 is 0 Å². The van der Waals surface area contributed by atoms with Crippen molar-refractivity contribution < 1.29 is 23.8 Å². The van der Waals surface area contributed by atoms with E-state index in [0.717, 1.165) is 0 Å². The zero-order valence-electron chi connectivity index (χ0n) is 14.1. The molecule has 0 saturated carbocycles. The molecule has 0 spiro atoms. The molecule has 0 fully saturated rings. The van der Waals surface area contributed by atoms with Gasteiger partial charge >= 0.3 is 6.03 Å². The summed E-state index contributed by atoms with van der Waals surface area (Å²) in [4.78, 5) is 25.2. The van der Waals surface area contributed by atoms with E-state index in [1.807, 2.05) is 0 Å². The van der Waals surface area contributed by atoms with Crippen LogP contribution in [0.25, 0.3) is 0 Å². The standard InChI is InChI=1S/C17H22FN3O4/c1-21(2)16(23)9-13-6-7-14(15(10-22)25-13)20-17(24)19-12-5-3-4-11(18)8-12/h3-8,13-15,22H,9-10H2,1-2H3,(H2,19,20,24)/t13-,14+,15+/m1/s1. The molecule has 25 heavy (non-hydrogen) atoms. The molecular formula is C17H22FN3O4. The lowest BCUT2D eigenvalue weighted by Gasteiger charge is -2.32. The van der Waals surface area contributed by atoms with Crippen LogP contribution in [0, 0.1) is 5.82 Å². The zero-order valence-corrected chi connectivity index (χ0v) is 14.1. The third-order valence-corrected chi connectivity index (χ3v) is 3.72. The third-order valence-electron chi connectivity index (χ3n) is 3.72. The van der Waals surface area contributed by atoms with Crippen LogP contribution in [0.3, 0.4) is 0 Å². The molecule has 8 heteroatoms. The fourth-order valence-electron chi connectivity index (χ4n) is 2.38. The highest BCUT2D eigenvalue weighted by molar-refractivity contribution is 5.89. The molecule has 3 atom stereocenters. The summed E-state index contributed by atoms with van der Waals surface area (Å²) in [7, 11) is 3.30. The Morgan fingerprint density at radius 1 is 1.32 bits per heavy atom. The van der Waals surface area contributed by atoms with E-state index in [-0.39, 0.29) is 18.9 Å². The number of carbonyl (C=O) groups excluding carboxylic acids is 2. The summed E-state index contributed by atoms with van der Waals surface area (Å²) in [6.07, 6.45) is 2.38. The second kappa shape index (κ2) is 8.59. The molecule has 0 unspecified atom stereocenters. The van der Waals surface area contributed by atoms with Gasteiger partial charge in [0.2, 0.25) is 5.91 Å². The summed E-state index contributed by atoms with van der Waals surface area (Å²) in [6, 6.07) is 4.39. The van der Waals surface area contributed by atoms with Crippen molar-refractivity contribution in [2.75, 3.05) is 26.0 Å². The van der Waals surface area contributed by atoms with Crippen molar-refractivity contribution >= 4 is 17.6 Å². The number of rotatable bonds is 5. The molecule has 2 rings (SSSR count). The van der Waals surface area contributed by atoms with E-state index in [9.17, 15) is 19.1 Å². The largest absolute Gasteiger partial charge is 0.394 e. The average molecular weight is 351 g/mol. The second-order valence-electron chi connectivity index (χ2n) is 5.91. The molecule has 1 aliphatic heterocycles. The summed E-state index contributed by atoms with van der Waals surface area (Å²) in [5, 5.41) is 14.6. The Kier molecular flexibility index (Phi) is 6.49. The number of aliphatic hydroxyl groups is 1. The number of ether oxygens (including phenoxy) is 1. The van der Waals surface area contributed by atoms with E-state index in [4.69, 9.17) is 4.74 Å². The van der Waals surface area contributed by atoms with Gasteiger partial charge in [-0.2, -0.15) is 0 Å². The molecule has 1 heterocycles. The molecule has 0 saturated heterocycles. The topological polar surface area (TPSA) is 90.9 Å². The Hall–Kier alpha value is -2.45. The van der Waals surface area contributed by atoms with Crippen LogP contribution in [0.15, 0.2) is 36.4 Å². The minimum atomic E-state index is -0.678. The number of amides is 3. The molecular weight excluding hydrogens is 329 g/mol. The third kappa shape index (κ3) is 5.54. The van der Waals surface area contributed by atoms with Crippen molar-refractivity contribution in [2.24, 2.45) is 0 Å². The van der Waals surface area contributed by atoms with Gasteiger partial charge in [-0.05, 0) is 18.2 Å². The van der Waals surface area contributed by atoms with Crippen molar-refractivity contribution in [1.82, 2.24) is 10.2 Å². The summed E-state index contributed by atoms with van der Waals surface area (Å²) in [6.45, 7) is -0.318. The second-order valence-corrected chi connectivity index (χ2v) is 5.91. The Bertz CT molecular complexity index is 651. The van der Waals surface area contributed by atoms with Crippen molar-refractivity contribution in [1.29, 1.82) is 0 Å². The lowest BCUT2D eigenvalue weighted by atomic mass is 10.0. The predicted molar refractivity (Wildman–Crippen MR) is 90.5 cm³/mol. The number of hydrogen-bond donors (Lipinski definition) is 3. The molecule has 1 aromatic carbocycles. The number of anilines is 1. The minimum absolute atomic E-state index is 0.0957. The van der Waals surface area contributed by atoms with Gasteiger partial charge in [0, 0.05) is 19.8 Å². The molecule has 1 aliphatic rings. The van der Waals surface area contributed by atoms with Crippen LogP contribution < -0.4 is 10.6 Å². The van der Waals surface area contributed by atoms with E-state index >= 15 is 0 Å². The van der Waals surface area contributed by atoms with Crippen LogP contribution in [0.5, 0.6) is 0 Å². The number of halogens is 1. The summed E-state index contributed by atoms with van der Waals surface area (Å²) >= 11 is 0. The summed E-state index contributed by atoms with van der Waals surface area (Å²) in [5.41, 5.74) is 0.313. The first-order chi connectivity index (χ1) is 11.9. The fraction of sp³-hybridized carbons (Fsp3) is 0.412. The molecule has 0 radical (unpaired) electrons. The van der Waals surface area contributed by atoms with E-state index < -0.39 is 30.1 Å². The van der Waals surface area contributed by atoms with Gasteiger partial charge in [-0.15, -0.1) is 0 Å². The van der Waals surface area contributed by atoms with Gasteiger partial charge in [-0.1, -0.05) is 18.2 Å². The number of nitrogens with one attached hydrogen (secondary N) is 2. The van der Waals surface area contributed by atoms with Gasteiger partial charge in [0.15, 0.2) is 0 Å². The molecule has 0 aromatic heterocycles. The quantitative estimate of drug-likeness (QED) is 0.693. The van der Waals surface area contributed by atoms with Gasteiger partial charge in [-0.3, -0.25) is 4.79 Å². The van der Waals surface area contributed by atoms with Gasteiger partial charge in [0.1, 0.15) is 11.9 Å². The van der Waals surface area contributed by atoms with Crippen molar-refractivity contribution in [2.45, 2.75) is 24.7 Å². The van der Waals surface area contributed by atoms with E-state index in [1.54, 1.807) is 32.3 Å². The maximum absolute atomic E-state index is 13.1. The van der Waals surface area contributed by atoms with Crippen LogP contribution in [0.1, 0.15) is 6.42 Å². The lowest BCUT2D eigenvalue weighted by molar-refractivity contribution is -0.132. The van der Waals surface area contributed by atoms with Crippen molar-refractivity contribution in [3.8, 4) is 0 Å². The Labute approximate surface area is 145 Å². The highest BCUT2D eigenvalue weighted by Crippen LogP contribution is 2.17. The number of urea groups is 1. The normalized spacial score (nSPS) is 22.3. The molecule has 136 valence electrons. The van der Waals surface area contributed by atoms with Crippen LogP contribution in [-0.2, 0) is 9.53 Å². The zero-order chi connectivity index (χ0) is 18.4. The van der Waals surface area contributed by atoms with Gasteiger partial charge in [0.25, 0.3) is 0 Å². The van der Waals surface area contributed by atoms with E-state index in [1.165, 1.54) is 23.1 Å². The number of benzene rings is 1. The van der Waals surface area contributed by atoms with E-state index in [2.05, 4.69) is 10.6 Å². The molecule has 3 N–H and O–H groups in total.